The number of carbonyl (C=O) groups is 2. The highest BCUT2D eigenvalue weighted by atomic mass is 32.1. The van der Waals surface area contributed by atoms with Crippen LogP contribution < -0.4 is 5.32 Å². The van der Waals surface area contributed by atoms with Crippen molar-refractivity contribution in [3.05, 3.63) is 59.2 Å². The Bertz CT molecular complexity index is 1430. The van der Waals surface area contributed by atoms with Crippen LogP contribution in [0, 0.1) is 0 Å². The van der Waals surface area contributed by atoms with Gasteiger partial charge in [-0.1, -0.05) is 18.2 Å². The number of carbonyl (C=O) groups excluding carboxylic acids is 2. The predicted octanol–water partition coefficient (Wildman–Crippen LogP) is 4.03. The van der Waals surface area contributed by atoms with Crippen molar-refractivity contribution in [3.63, 3.8) is 0 Å². The lowest BCUT2D eigenvalue weighted by atomic mass is 9.97. The quantitative estimate of drug-likeness (QED) is 0.414. The van der Waals surface area contributed by atoms with Gasteiger partial charge in [0.25, 0.3) is 11.8 Å². The fraction of sp³-hybridized carbons (Fsp3) is 0.308. The molecule has 0 bridgehead atoms. The Kier molecular flexibility index (Phi) is 5.36. The number of piperidine rings is 1. The van der Waals surface area contributed by atoms with Crippen LogP contribution in [0.4, 0.5) is 0 Å². The van der Waals surface area contributed by atoms with Gasteiger partial charge >= 0.3 is 0 Å². The summed E-state index contributed by atoms with van der Waals surface area (Å²) in [5.74, 6) is -0.666. The van der Waals surface area contributed by atoms with Gasteiger partial charge in [-0.05, 0) is 30.4 Å². The Hall–Kier alpha value is -3.20. The number of nitrogens with zero attached hydrogens (tertiary/aromatic N) is 2. The molecular weight excluding hydrogens is 448 g/mol. The molecule has 0 unspecified atom stereocenters. The Morgan fingerprint density at radius 1 is 1.06 bits per heavy atom. The third-order valence-corrected chi connectivity index (χ3v) is 8.00. The Labute approximate surface area is 201 Å². The van der Waals surface area contributed by atoms with Crippen molar-refractivity contribution in [1.29, 1.82) is 0 Å². The highest BCUT2D eigenvalue weighted by Gasteiger charge is 2.35. The summed E-state index contributed by atoms with van der Waals surface area (Å²) in [6.07, 6.45) is 5.99. The molecule has 1 aromatic carbocycles. The highest BCUT2D eigenvalue weighted by Crippen LogP contribution is 2.40. The molecule has 1 fully saturated rings. The maximum atomic E-state index is 13.1. The number of ether oxygens (including phenoxy) is 1. The first-order valence-corrected chi connectivity index (χ1v) is 12.5. The monoisotopic (exact) mass is 474 g/mol. The van der Waals surface area contributed by atoms with E-state index in [1.54, 1.807) is 18.4 Å². The number of benzene rings is 1. The minimum atomic E-state index is -0.336. The molecule has 3 aromatic heterocycles. The first-order chi connectivity index (χ1) is 16.7. The van der Waals surface area contributed by atoms with Crippen LogP contribution in [0.3, 0.4) is 0 Å². The number of thiophene rings is 1. The number of H-pyrrole nitrogens is 1. The molecule has 6 rings (SSSR count). The van der Waals surface area contributed by atoms with Crippen LogP contribution >= 0.6 is 11.3 Å². The topological polar surface area (TPSA) is 79.4 Å². The van der Waals surface area contributed by atoms with Gasteiger partial charge in [0.1, 0.15) is 0 Å². The minimum Gasteiger partial charge on any atom is -0.383 e. The number of fused-ring (bicyclic) bond motifs is 2. The van der Waals surface area contributed by atoms with E-state index < -0.39 is 0 Å². The lowest BCUT2D eigenvalue weighted by Crippen LogP contribution is -2.36. The van der Waals surface area contributed by atoms with Crippen LogP contribution in [0.5, 0.6) is 0 Å². The molecule has 2 aliphatic heterocycles. The summed E-state index contributed by atoms with van der Waals surface area (Å²) in [5, 5.41) is 5.54. The van der Waals surface area contributed by atoms with Gasteiger partial charge in [-0.3, -0.25) is 14.9 Å². The van der Waals surface area contributed by atoms with E-state index in [1.807, 2.05) is 35.8 Å². The number of para-hydroxylation sites is 1. The summed E-state index contributed by atoms with van der Waals surface area (Å²) in [4.78, 5) is 31.8. The van der Waals surface area contributed by atoms with Gasteiger partial charge < -0.3 is 19.2 Å². The van der Waals surface area contributed by atoms with Gasteiger partial charge in [0.05, 0.1) is 28.0 Å². The van der Waals surface area contributed by atoms with E-state index in [1.165, 1.54) is 0 Å². The lowest BCUT2D eigenvalue weighted by Gasteiger charge is -2.33. The molecule has 7 nitrogen and oxygen atoms in total. The second kappa shape index (κ2) is 8.54. The molecule has 2 N–H and O–H groups in total. The second-order valence-electron chi connectivity index (χ2n) is 8.93. The Balaban J connectivity index is 1.45. The van der Waals surface area contributed by atoms with Gasteiger partial charge in [-0.15, -0.1) is 11.3 Å². The first kappa shape index (κ1) is 21.3. The average Bonchev–Trinajstić information content (AvgIpc) is 3.61. The number of aromatic amines is 1. The predicted molar refractivity (Wildman–Crippen MR) is 135 cm³/mol. The summed E-state index contributed by atoms with van der Waals surface area (Å²) in [6.45, 7) is 3.73. The van der Waals surface area contributed by atoms with Crippen molar-refractivity contribution in [3.8, 4) is 0 Å². The van der Waals surface area contributed by atoms with Crippen LogP contribution in [-0.4, -0.2) is 59.6 Å². The Morgan fingerprint density at radius 3 is 2.62 bits per heavy atom. The van der Waals surface area contributed by atoms with Crippen LogP contribution in [0.25, 0.3) is 32.3 Å². The zero-order valence-electron chi connectivity index (χ0n) is 19.0. The number of likely N-dealkylation sites (tertiary alicyclic amines) is 1. The molecule has 0 radical (unpaired) electrons. The summed E-state index contributed by atoms with van der Waals surface area (Å²) < 4.78 is 8.54. The van der Waals surface area contributed by atoms with E-state index >= 15 is 0 Å². The summed E-state index contributed by atoms with van der Waals surface area (Å²) in [6, 6.07) is 10.5. The number of nitrogens with one attached hydrogen (secondary N) is 2. The largest absolute Gasteiger partial charge is 0.383 e. The third kappa shape index (κ3) is 3.41. The molecule has 4 aromatic rings. The number of rotatable bonds is 6. The zero-order valence-corrected chi connectivity index (χ0v) is 19.8. The molecule has 0 aliphatic carbocycles. The molecule has 0 spiro atoms. The molecule has 0 saturated carbocycles. The average molecular weight is 475 g/mol. The summed E-state index contributed by atoms with van der Waals surface area (Å²) >= 11 is 1.57. The molecule has 0 atom stereocenters. The number of aromatic nitrogens is 2. The molecule has 2 amide bonds. The smallest absolute Gasteiger partial charge is 0.259 e. The van der Waals surface area contributed by atoms with Crippen LogP contribution in [0.2, 0.25) is 0 Å². The number of hydrogen-bond donors (Lipinski definition) is 2. The van der Waals surface area contributed by atoms with Crippen molar-refractivity contribution in [2.24, 2.45) is 0 Å². The molecule has 1 saturated heterocycles. The van der Waals surface area contributed by atoms with Gasteiger partial charge in [0.15, 0.2) is 0 Å². The van der Waals surface area contributed by atoms with Crippen molar-refractivity contribution < 1.29 is 14.3 Å². The maximum Gasteiger partial charge on any atom is 0.259 e. The molecule has 174 valence electrons. The van der Waals surface area contributed by atoms with Crippen molar-refractivity contribution in [1.82, 2.24) is 19.8 Å². The molecular formula is C26H26N4O3S. The van der Waals surface area contributed by atoms with Gasteiger partial charge in [0, 0.05) is 67.2 Å². The van der Waals surface area contributed by atoms with Crippen LogP contribution in [-0.2, 0) is 14.3 Å². The zero-order chi connectivity index (χ0) is 23.2. The standard InChI is InChI=1S/C26H26N4O3S/c1-33-12-11-29-9-6-16(7-10-29)30-15-19(17-4-2-3-5-21(17)30)23-22(25(31)28-26(23)32)18-14-27-20-8-13-34-24(18)20/h2-5,8,13-16,27H,6-7,9-12H2,1H3,(H,28,31,32). The molecule has 34 heavy (non-hydrogen) atoms. The second-order valence-corrected chi connectivity index (χ2v) is 9.85. The van der Waals surface area contributed by atoms with E-state index in [4.69, 9.17) is 4.74 Å². The SMILES string of the molecule is COCCN1CCC(n2cc(C3=C(c4c[nH]c5ccsc45)C(=O)NC3=O)c3ccccc32)CC1. The van der Waals surface area contributed by atoms with E-state index in [0.717, 1.165) is 71.3 Å². The van der Waals surface area contributed by atoms with Crippen LogP contribution in [0.15, 0.2) is 48.1 Å². The van der Waals surface area contributed by atoms with Crippen molar-refractivity contribution >= 4 is 55.4 Å². The number of imide groups is 1. The number of amides is 2. The van der Waals surface area contributed by atoms with Crippen molar-refractivity contribution in [2.45, 2.75) is 18.9 Å². The van der Waals surface area contributed by atoms with Crippen LogP contribution in [0.1, 0.15) is 30.0 Å². The van der Waals surface area contributed by atoms with Crippen molar-refractivity contribution in [2.75, 3.05) is 33.4 Å². The Morgan fingerprint density at radius 2 is 1.82 bits per heavy atom. The number of hydrogen-bond acceptors (Lipinski definition) is 5. The summed E-state index contributed by atoms with van der Waals surface area (Å²) in [7, 11) is 1.74. The fourth-order valence-corrected chi connectivity index (χ4v) is 6.23. The lowest BCUT2D eigenvalue weighted by molar-refractivity contribution is -0.122. The first-order valence-electron chi connectivity index (χ1n) is 11.6. The van der Waals surface area contributed by atoms with Gasteiger partial charge in [-0.2, -0.15) is 0 Å². The van der Waals surface area contributed by atoms with E-state index in [-0.39, 0.29) is 11.8 Å². The molecule has 5 heterocycles. The van der Waals surface area contributed by atoms with E-state index in [9.17, 15) is 9.59 Å². The fourth-order valence-electron chi connectivity index (χ4n) is 5.35. The minimum absolute atomic E-state index is 0.330. The molecule has 2 aliphatic rings. The third-order valence-electron chi connectivity index (χ3n) is 7.05. The number of methoxy groups -OCH3 is 1. The summed E-state index contributed by atoms with van der Waals surface area (Å²) in [5.41, 5.74) is 4.60. The maximum absolute atomic E-state index is 13.1. The molecule has 8 heteroatoms. The normalized spacial score (nSPS) is 18.0. The van der Waals surface area contributed by atoms with Gasteiger partial charge in [-0.25, -0.2) is 0 Å². The van der Waals surface area contributed by atoms with E-state index in [2.05, 4.69) is 32.0 Å². The highest BCUT2D eigenvalue weighted by molar-refractivity contribution is 7.17. The van der Waals surface area contributed by atoms with E-state index in [0.29, 0.717) is 17.2 Å². The van der Waals surface area contributed by atoms with Gasteiger partial charge in [0.2, 0.25) is 0 Å².